The summed E-state index contributed by atoms with van der Waals surface area (Å²) in [5.74, 6) is 0. The first kappa shape index (κ1) is 15.7. The molecule has 36 valence electrons. The van der Waals surface area contributed by atoms with Gasteiger partial charge in [0, 0.05) is 0 Å². The Kier molecular flexibility index (Phi) is 61.2. The molecule has 0 atom stereocenters. The Labute approximate surface area is 75.5 Å². The molecule has 0 radical (unpaired) electrons. The Morgan fingerprint density at radius 3 is 1.14 bits per heavy atom. The molecule has 0 bridgehead atoms. The molecule has 0 aromatic heterocycles. The van der Waals surface area contributed by atoms with E-state index in [0.29, 0.717) is 0 Å². The Morgan fingerprint density at radius 1 is 1.14 bits per heavy atom. The second-order valence-corrected chi connectivity index (χ2v) is 0.577. The summed E-state index contributed by atoms with van der Waals surface area (Å²) in [5, 5.41) is 0. The van der Waals surface area contributed by atoms with E-state index < -0.39 is 31.0 Å². The fourth-order valence-electron chi connectivity index (χ4n) is 0. The van der Waals surface area contributed by atoms with Gasteiger partial charge in [-0.2, -0.15) is 0 Å². The molecule has 7 heteroatoms. The van der Waals surface area contributed by atoms with Crippen molar-refractivity contribution in [1.82, 2.24) is 0 Å². The summed E-state index contributed by atoms with van der Waals surface area (Å²) in [7, 11) is 0. The zero-order chi connectivity index (χ0) is 5.41. The molecule has 0 aliphatic carbocycles. The quantitative estimate of drug-likeness (QED) is 0.396. The van der Waals surface area contributed by atoms with Crippen molar-refractivity contribution in [3.8, 4) is 0 Å². The van der Waals surface area contributed by atoms with Gasteiger partial charge < -0.3 is 2.85 Å². The molecule has 0 amide bonds. The maximum Gasteiger partial charge on any atom is 4.00 e. The summed E-state index contributed by atoms with van der Waals surface area (Å²) < 4.78 is 33.8. The monoisotopic (exact) mass is 210 g/mol. The van der Waals surface area contributed by atoms with Crippen molar-refractivity contribution < 1.29 is 45.0 Å². The van der Waals surface area contributed by atoms with E-state index in [0.717, 1.165) is 0 Å². The summed E-state index contributed by atoms with van der Waals surface area (Å²) >= 11 is -3.50. The van der Waals surface area contributed by atoms with Crippen molar-refractivity contribution in [3.05, 3.63) is 0 Å². The summed E-state index contributed by atoms with van der Waals surface area (Å²) in [5.41, 5.74) is 0. The average Bonchev–Trinajstić information content (AvgIpc) is 1.39. The van der Waals surface area contributed by atoms with Gasteiger partial charge in [-0.1, -0.05) is 0 Å². The van der Waals surface area contributed by atoms with E-state index in [1.807, 2.05) is 0 Å². The average molecular weight is 211 g/mol. The molecular formula is H2Al2O4Zr. The van der Waals surface area contributed by atoms with Crippen LogP contribution in [-0.4, -0.2) is 31.0 Å². The van der Waals surface area contributed by atoms with E-state index in [9.17, 15) is 0 Å². The van der Waals surface area contributed by atoms with Crippen LogP contribution in [0.25, 0.3) is 0 Å². The number of hydrogen-bond acceptors (Lipinski definition) is 4. The van der Waals surface area contributed by atoms with E-state index in [4.69, 9.17) is 15.9 Å². The molecule has 0 saturated heterocycles. The van der Waals surface area contributed by atoms with Crippen molar-refractivity contribution in [2.24, 2.45) is 0 Å². The Balaban J connectivity index is -0.00000000889. The van der Waals surface area contributed by atoms with Gasteiger partial charge in [-0.25, -0.2) is 0 Å². The minimum absolute atomic E-state index is 0. The Bertz CT molecular complexity index is 37.5. The van der Waals surface area contributed by atoms with Crippen LogP contribution in [0.3, 0.4) is 0 Å². The molecule has 0 fully saturated rings. The van der Waals surface area contributed by atoms with Crippen molar-refractivity contribution >= 4 is 31.0 Å². The number of hydrogen-bond donors (Lipinski definition) is 0. The van der Waals surface area contributed by atoms with Gasteiger partial charge in [0.25, 0.3) is 0 Å². The van der Waals surface area contributed by atoms with E-state index in [1.165, 1.54) is 0 Å². The molecule has 0 N–H and O–H groups in total. The zero-order valence-electron chi connectivity index (χ0n) is 5.29. The topological polar surface area (TPSA) is 80.3 Å². The summed E-state index contributed by atoms with van der Waals surface area (Å²) in [6.07, 6.45) is 0. The van der Waals surface area contributed by atoms with E-state index >= 15 is 0 Å². The molecule has 0 unspecified atom stereocenters. The smallest absolute Gasteiger partial charge is 4.00 e. The first-order valence-corrected chi connectivity index (χ1v) is 2.83. The fraction of sp³-hybridized carbons (Fsp3) is 0. The van der Waals surface area contributed by atoms with Gasteiger partial charge in [0.1, 0.15) is 0 Å². The maximum absolute atomic E-state index is 8.46. The van der Waals surface area contributed by atoms with Crippen molar-refractivity contribution in [1.29, 1.82) is 0 Å². The van der Waals surface area contributed by atoms with Gasteiger partial charge >= 0.3 is 73.1 Å². The second-order valence-electron chi connectivity index (χ2n) is 0.192. The van der Waals surface area contributed by atoms with Crippen molar-refractivity contribution in [2.75, 3.05) is 0 Å². The van der Waals surface area contributed by atoms with Crippen LogP contribution in [0.2, 0.25) is 0 Å². The van der Waals surface area contributed by atoms with Gasteiger partial charge in [0.05, 0.1) is 0 Å². The zero-order valence-corrected chi connectivity index (χ0v) is 8.06. The minimum atomic E-state index is -1.75. The first-order chi connectivity index (χ1) is 2.83. The SMILES string of the molecule is [H-].[H-].[O]=[Al][O-].[O]=[Al][O-].[Zr+4]. The van der Waals surface area contributed by atoms with Gasteiger partial charge in [-0.3, -0.25) is 0 Å². The fourth-order valence-corrected chi connectivity index (χ4v) is 0. The molecular weight excluding hydrogens is 209 g/mol. The summed E-state index contributed by atoms with van der Waals surface area (Å²) in [4.78, 5) is 0. The van der Waals surface area contributed by atoms with E-state index in [2.05, 4.69) is 0 Å². The summed E-state index contributed by atoms with van der Waals surface area (Å²) in [6, 6.07) is 0. The van der Waals surface area contributed by atoms with Crippen molar-refractivity contribution in [3.63, 3.8) is 0 Å². The van der Waals surface area contributed by atoms with Crippen LogP contribution >= 0.6 is 0 Å². The molecule has 7 heavy (non-hydrogen) atoms. The van der Waals surface area contributed by atoms with Crippen LogP contribution in [0.15, 0.2) is 0 Å². The normalized spacial score (nSPS) is 2.29. The predicted molar refractivity (Wildman–Crippen MR) is 15.1 cm³/mol. The van der Waals surface area contributed by atoms with Gasteiger partial charge in [0.2, 0.25) is 0 Å². The predicted octanol–water partition coefficient (Wildman–Crippen LogP) is -3.15. The molecule has 0 heterocycles. The van der Waals surface area contributed by atoms with E-state index in [-0.39, 0.29) is 29.1 Å². The van der Waals surface area contributed by atoms with Gasteiger partial charge in [-0.05, 0) is 0 Å². The molecule has 0 aliphatic heterocycles. The third-order valence-electron chi connectivity index (χ3n) is 0. The largest absolute Gasteiger partial charge is 4.00 e. The van der Waals surface area contributed by atoms with Crippen LogP contribution in [0, 0.1) is 0 Å². The third-order valence-corrected chi connectivity index (χ3v) is 0. The minimum Gasteiger partial charge on any atom is 4.00 e. The van der Waals surface area contributed by atoms with Gasteiger partial charge in [0.15, 0.2) is 0 Å². The molecule has 0 saturated carbocycles. The van der Waals surface area contributed by atoms with Gasteiger partial charge in [-0.15, -0.1) is 0 Å². The maximum atomic E-state index is 8.46. The van der Waals surface area contributed by atoms with Crippen LogP contribution in [0.4, 0.5) is 0 Å². The Hall–Kier alpha value is 1.15. The van der Waals surface area contributed by atoms with Crippen LogP contribution in [0.1, 0.15) is 2.85 Å². The molecule has 0 spiro atoms. The first-order valence-electron chi connectivity index (χ1n) is 0.943. The van der Waals surface area contributed by atoms with Crippen LogP contribution in [0.5, 0.6) is 0 Å². The third kappa shape index (κ3) is 144. The second kappa shape index (κ2) is 27.3. The van der Waals surface area contributed by atoms with Crippen LogP contribution in [-0.2, 0) is 33.8 Å². The Morgan fingerprint density at radius 2 is 1.14 bits per heavy atom. The standard InChI is InChI=1S/2Al.4O.Zr.2H/q;;;;2*-1;+4;2*-1. The molecule has 0 aromatic carbocycles. The number of rotatable bonds is 0. The summed E-state index contributed by atoms with van der Waals surface area (Å²) in [6.45, 7) is 0. The molecule has 4 nitrogen and oxygen atoms in total. The van der Waals surface area contributed by atoms with Crippen molar-refractivity contribution in [2.45, 2.75) is 0 Å². The molecule has 0 aromatic rings. The molecule has 0 rings (SSSR count). The van der Waals surface area contributed by atoms with E-state index in [1.54, 1.807) is 0 Å². The molecule has 0 aliphatic rings. The van der Waals surface area contributed by atoms with Crippen LogP contribution < -0.4 is 8.32 Å².